The van der Waals surface area contributed by atoms with Crippen LogP contribution in [0, 0.1) is 5.82 Å². The van der Waals surface area contributed by atoms with Gasteiger partial charge in [-0.2, -0.15) is 0 Å². The first-order chi connectivity index (χ1) is 12.1. The van der Waals surface area contributed by atoms with Crippen molar-refractivity contribution in [2.75, 3.05) is 20.8 Å². The molecule has 2 aromatic rings. The fourth-order valence-electron chi connectivity index (χ4n) is 2.55. The zero-order valence-electron chi connectivity index (χ0n) is 14.7. The molecular weight excluding hydrogens is 321 g/mol. The third-order valence-electron chi connectivity index (χ3n) is 3.97. The van der Waals surface area contributed by atoms with Crippen LogP contribution in [0.1, 0.15) is 24.0 Å². The van der Waals surface area contributed by atoms with Gasteiger partial charge in [-0.15, -0.1) is 0 Å². The molecule has 0 spiro atoms. The number of benzene rings is 2. The maximum Gasteiger partial charge on any atom is 0.220 e. The van der Waals surface area contributed by atoms with Crippen LogP contribution in [-0.4, -0.2) is 26.7 Å². The summed E-state index contributed by atoms with van der Waals surface area (Å²) in [5, 5.41) is 2.92. The molecule has 0 aliphatic carbocycles. The molecule has 2 aromatic carbocycles. The lowest BCUT2D eigenvalue weighted by molar-refractivity contribution is -0.121. The number of hydrogen-bond donors (Lipinski definition) is 1. The molecule has 1 N–H and O–H groups in total. The maximum atomic E-state index is 12.8. The summed E-state index contributed by atoms with van der Waals surface area (Å²) in [6.45, 7) is 0.613. The first-order valence-electron chi connectivity index (χ1n) is 8.34. The highest BCUT2D eigenvalue weighted by Crippen LogP contribution is 2.27. The predicted octanol–water partition coefficient (Wildman–Crippen LogP) is 3.52. The Morgan fingerprint density at radius 2 is 1.64 bits per heavy atom. The van der Waals surface area contributed by atoms with Crippen molar-refractivity contribution < 1.29 is 18.7 Å². The topological polar surface area (TPSA) is 47.6 Å². The lowest BCUT2D eigenvalue weighted by atomic mass is 10.1. The second-order valence-electron chi connectivity index (χ2n) is 5.77. The van der Waals surface area contributed by atoms with Gasteiger partial charge in [0.2, 0.25) is 5.91 Å². The van der Waals surface area contributed by atoms with E-state index in [2.05, 4.69) is 5.32 Å². The van der Waals surface area contributed by atoms with Gasteiger partial charge < -0.3 is 14.8 Å². The minimum absolute atomic E-state index is 0.0221. The second-order valence-corrected chi connectivity index (χ2v) is 5.77. The predicted molar refractivity (Wildman–Crippen MR) is 95.6 cm³/mol. The Labute approximate surface area is 148 Å². The minimum Gasteiger partial charge on any atom is -0.493 e. The van der Waals surface area contributed by atoms with Crippen LogP contribution >= 0.6 is 0 Å². The molecule has 0 atom stereocenters. The van der Waals surface area contributed by atoms with Crippen LogP contribution in [0.5, 0.6) is 11.5 Å². The lowest BCUT2D eigenvalue weighted by Gasteiger charge is -2.10. The Morgan fingerprint density at radius 3 is 2.32 bits per heavy atom. The van der Waals surface area contributed by atoms with E-state index in [1.807, 2.05) is 18.2 Å². The average molecular weight is 345 g/mol. The van der Waals surface area contributed by atoms with Gasteiger partial charge in [-0.25, -0.2) is 4.39 Å². The highest BCUT2D eigenvalue weighted by molar-refractivity contribution is 5.76. The van der Waals surface area contributed by atoms with Gasteiger partial charge in [0.05, 0.1) is 14.2 Å². The number of rotatable bonds is 9. The van der Waals surface area contributed by atoms with Gasteiger partial charge in [-0.3, -0.25) is 4.79 Å². The highest BCUT2D eigenvalue weighted by atomic mass is 19.1. The summed E-state index contributed by atoms with van der Waals surface area (Å²) in [5.41, 5.74) is 2.10. The Hall–Kier alpha value is -2.56. The molecule has 4 nitrogen and oxygen atoms in total. The molecule has 0 radical (unpaired) electrons. The first-order valence-corrected chi connectivity index (χ1v) is 8.34. The summed E-state index contributed by atoms with van der Waals surface area (Å²) in [6.07, 6.45) is 2.71. The monoisotopic (exact) mass is 345 g/mol. The normalized spacial score (nSPS) is 10.4. The fourth-order valence-corrected chi connectivity index (χ4v) is 2.55. The summed E-state index contributed by atoms with van der Waals surface area (Å²) < 4.78 is 23.3. The van der Waals surface area contributed by atoms with E-state index in [1.165, 1.54) is 12.1 Å². The molecule has 0 bridgehead atoms. The van der Waals surface area contributed by atoms with Gasteiger partial charge in [0.15, 0.2) is 11.5 Å². The molecule has 0 fully saturated rings. The van der Waals surface area contributed by atoms with Gasteiger partial charge in [-0.1, -0.05) is 18.2 Å². The number of methoxy groups -OCH3 is 2. The Kier molecular flexibility index (Phi) is 7.26. The Bertz CT molecular complexity index is 686. The standard InChI is InChI=1S/C20H24FNO3/c1-24-18-11-7-16(14-19(18)25-2)8-12-20(23)22-13-3-4-15-5-9-17(21)10-6-15/h5-7,9-11,14H,3-4,8,12-13H2,1-2H3,(H,22,23). The Morgan fingerprint density at radius 1 is 0.960 bits per heavy atom. The summed E-state index contributed by atoms with van der Waals surface area (Å²) in [4.78, 5) is 11.9. The number of halogens is 1. The molecule has 0 aromatic heterocycles. The quantitative estimate of drug-likeness (QED) is 0.708. The Balaban J connectivity index is 1.69. The molecule has 0 saturated carbocycles. The molecule has 0 unspecified atom stereocenters. The molecule has 0 saturated heterocycles. The van der Waals surface area contributed by atoms with Gasteiger partial charge >= 0.3 is 0 Å². The molecule has 134 valence electrons. The van der Waals surface area contributed by atoms with Crippen LogP contribution < -0.4 is 14.8 Å². The number of hydrogen-bond acceptors (Lipinski definition) is 3. The van der Waals surface area contributed by atoms with Gasteiger partial charge in [0.25, 0.3) is 0 Å². The van der Waals surface area contributed by atoms with Crippen molar-refractivity contribution in [1.29, 1.82) is 0 Å². The van der Waals surface area contributed by atoms with Crippen molar-refractivity contribution in [2.45, 2.75) is 25.7 Å². The van der Waals surface area contributed by atoms with Crippen molar-refractivity contribution >= 4 is 5.91 Å². The minimum atomic E-state index is -0.229. The first kappa shape index (κ1) is 18.8. The second kappa shape index (κ2) is 9.67. The molecule has 5 heteroatoms. The zero-order valence-corrected chi connectivity index (χ0v) is 14.7. The van der Waals surface area contributed by atoms with E-state index in [1.54, 1.807) is 26.4 Å². The third kappa shape index (κ3) is 6.10. The summed E-state index contributed by atoms with van der Waals surface area (Å²) >= 11 is 0. The largest absolute Gasteiger partial charge is 0.493 e. The van der Waals surface area contributed by atoms with Crippen LogP contribution in [0.3, 0.4) is 0 Å². The molecular formula is C20H24FNO3. The van der Waals surface area contributed by atoms with Crippen LogP contribution in [0.25, 0.3) is 0 Å². The van der Waals surface area contributed by atoms with Gasteiger partial charge in [0.1, 0.15) is 5.82 Å². The van der Waals surface area contributed by atoms with E-state index in [0.29, 0.717) is 30.9 Å². The average Bonchev–Trinajstić information content (AvgIpc) is 2.64. The van der Waals surface area contributed by atoms with Gasteiger partial charge in [0, 0.05) is 13.0 Å². The van der Waals surface area contributed by atoms with E-state index in [9.17, 15) is 9.18 Å². The van der Waals surface area contributed by atoms with E-state index >= 15 is 0 Å². The van der Waals surface area contributed by atoms with Crippen molar-refractivity contribution in [2.24, 2.45) is 0 Å². The molecule has 0 aliphatic rings. The summed E-state index contributed by atoms with van der Waals surface area (Å²) in [5.74, 6) is 1.14. The zero-order chi connectivity index (χ0) is 18.1. The fraction of sp³-hybridized carbons (Fsp3) is 0.350. The number of carbonyl (C=O) groups is 1. The molecule has 0 aliphatic heterocycles. The van der Waals surface area contributed by atoms with Crippen LogP contribution in [0.4, 0.5) is 4.39 Å². The SMILES string of the molecule is COc1ccc(CCC(=O)NCCCc2ccc(F)cc2)cc1OC. The number of carbonyl (C=O) groups excluding carboxylic acids is 1. The number of ether oxygens (including phenoxy) is 2. The summed E-state index contributed by atoms with van der Waals surface area (Å²) in [7, 11) is 3.19. The molecule has 0 heterocycles. The highest BCUT2D eigenvalue weighted by Gasteiger charge is 2.07. The van der Waals surface area contributed by atoms with Crippen LogP contribution in [0.2, 0.25) is 0 Å². The molecule has 25 heavy (non-hydrogen) atoms. The smallest absolute Gasteiger partial charge is 0.220 e. The van der Waals surface area contributed by atoms with Crippen molar-refractivity contribution in [3.63, 3.8) is 0 Å². The van der Waals surface area contributed by atoms with E-state index in [0.717, 1.165) is 24.0 Å². The van der Waals surface area contributed by atoms with E-state index in [4.69, 9.17) is 9.47 Å². The lowest BCUT2D eigenvalue weighted by Crippen LogP contribution is -2.25. The van der Waals surface area contributed by atoms with Crippen LogP contribution in [0.15, 0.2) is 42.5 Å². The summed E-state index contributed by atoms with van der Waals surface area (Å²) in [6, 6.07) is 12.1. The molecule has 2 rings (SSSR count). The molecule has 1 amide bonds. The van der Waals surface area contributed by atoms with Crippen molar-refractivity contribution in [3.05, 3.63) is 59.4 Å². The van der Waals surface area contributed by atoms with Crippen LogP contribution in [-0.2, 0) is 17.6 Å². The third-order valence-corrected chi connectivity index (χ3v) is 3.97. The van der Waals surface area contributed by atoms with E-state index < -0.39 is 0 Å². The van der Waals surface area contributed by atoms with Gasteiger partial charge in [-0.05, 0) is 54.7 Å². The van der Waals surface area contributed by atoms with Crippen molar-refractivity contribution in [3.8, 4) is 11.5 Å². The van der Waals surface area contributed by atoms with E-state index in [-0.39, 0.29) is 11.7 Å². The number of aryl methyl sites for hydroxylation is 2. The van der Waals surface area contributed by atoms with Crippen molar-refractivity contribution in [1.82, 2.24) is 5.32 Å². The maximum absolute atomic E-state index is 12.8. The number of amides is 1. The number of nitrogens with one attached hydrogen (secondary N) is 1.